The maximum Gasteiger partial charge on any atom is 0.187 e. The van der Waals surface area contributed by atoms with Crippen molar-refractivity contribution < 1.29 is 4.79 Å². The Morgan fingerprint density at radius 2 is 2.10 bits per heavy atom. The first-order valence-electron chi connectivity index (χ1n) is 7.91. The zero-order valence-electron chi connectivity index (χ0n) is 12.2. The molecule has 2 heterocycles. The average Bonchev–Trinajstić information content (AvgIpc) is 2.97. The number of nitrogens with one attached hydrogen (secondary N) is 1. The summed E-state index contributed by atoms with van der Waals surface area (Å²) in [5.41, 5.74) is 0.572. The van der Waals surface area contributed by atoms with Gasteiger partial charge in [0.1, 0.15) is 5.69 Å². The molecule has 2 aliphatic rings. The molecular weight excluding hydrogens is 252 g/mol. The number of ketones is 1. The molecule has 1 saturated heterocycles. The quantitative estimate of drug-likeness (QED) is 0.860. The first-order valence-corrected chi connectivity index (χ1v) is 7.91. The summed E-state index contributed by atoms with van der Waals surface area (Å²) < 4.78 is 1.90. The van der Waals surface area contributed by atoms with Crippen molar-refractivity contribution in [2.75, 3.05) is 13.1 Å². The lowest BCUT2D eigenvalue weighted by atomic mass is 9.80. The van der Waals surface area contributed by atoms with Gasteiger partial charge < -0.3 is 5.32 Å². The van der Waals surface area contributed by atoms with E-state index in [1.165, 1.54) is 12.8 Å². The molecule has 0 spiro atoms. The maximum absolute atomic E-state index is 12.5. The molecule has 2 atom stereocenters. The van der Waals surface area contributed by atoms with Gasteiger partial charge in [-0.05, 0) is 44.7 Å². The third kappa shape index (κ3) is 2.92. The molecule has 0 aromatic carbocycles. The summed E-state index contributed by atoms with van der Waals surface area (Å²) >= 11 is 0. The van der Waals surface area contributed by atoms with Crippen molar-refractivity contribution in [3.63, 3.8) is 0 Å². The van der Waals surface area contributed by atoms with Gasteiger partial charge >= 0.3 is 0 Å². The van der Waals surface area contributed by atoms with Crippen molar-refractivity contribution in [2.24, 2.45) is 11.8 Å². The minimum atomic E-state index is 0.164. The van der Waals surface area contributed by atoms with Gasteiger partial charge in [0, 0.05) is 5.92 Å². The van der Waals surface area contributed by atoms with Crippen molar-refractivity contribution in [2.45, 2.75) is 51.5 Å². The van der Waals surface area contributed by atoms with Crippen LogP contribution < -0.4 is 5.32 Å². The summed E-state index contributed by atoms with van der Waals surface area (Å²) in [7, 11) is 0. The lowest BCUT2D eigenvalue weighted by Gasteiger charge is -2.24. The van der Waals surface area contributed by atoms with Crippen molar-refractivity contribution in [3.8, 4) is 0 Å². The molecule has 2 unspecified atom stereocenters. The monoisotopic (exact) mass is 276 g/mol. The Bertz CT molecular complexity index is 464. The summed E-state index contributed by atoms with van der Waals surface area (Å²) in [5.74, 6) is 1.03. The number of aromatic nitrogens is 3. The van der Waals surface area contributed by atoms with Crippen molar-refractivity contribution in [3.05, 3.63) is 11.9 Å². The highest BCUT2D eigenvalue weighted by molar-refractivity contribution is 5.95. The van der Waals surface area contributed by atoms with Crippen LogP contribution in [0.15, 0.2) is 6.20 Å². The lowest BCUT2D eigenvalue weighted by Crippen LogP contribution is -2.29. The second-order valence-electron chi connectivity index (χ2n) is 6.40. The van der Waals surface area contributed by atoms with E-state index in [2.05, 4.69) is 22.6 Å². The molecular formula is C15H24N4O. The highest BCUT2D eigenvalue weighted by Crippen LogP contribution is 2.30. The number of nitrogens with zero attached hydrogens (tertiary/aromatic N) is 3. The Balaban J connectivity index is 1.67. The zero-order valence-corrected chi connectivity index (χ0v) is 12.2. The molecule has 5 heteroatoms. The summed E-state index contributed by atoms with van der Waals surface area (Å²) in [5, 5.41) is 11.7. The standard InChI is InChI=1S/C15H24N4O/c1-11-3-2-4-12(9-11)15(20)14-10-19(18-17-14)13-5-7-16-8-6-13/h10-13,16H,2-9H2,1H3. The number of carbonyl (C=O) groups is 1. The third-order valence-electron chi connectivity index (χ3n) is 4.75. The van der Waals surface area contributed by atoms with E-state index in [9.17, 15) is 4.79 Å². The van der Waals surface area contributed by atoms with Crippen LogP contribution in [0.5, 0.6) is 0 Å². The lowest BCUT2D eigenvalue weighted by molar-refractivity contribution is 0.0863. The number of piperidine rings is 1. The van der Waals surface area contributed by atoms with Crippen molar-refractivity contribution in [1.29, 1.82) is 0 Å². The number of hydrogen-bond donors (Lipinski definition) is 1. The van der Waals surface area contributed by atoms with Gasteiger partial charge in [-0.3, -0.25) is 4.79 Å². The van der Waals surface area contributed by atoms with Gasteiger partial charge in [-0.2, -0.15) is 0 Å². The van der Waals surface area contributed by atoms with Crippen LogP contribution in [0.25, 0.3) is 0 Å². The van der Waals surface area contributed by atoms with Crippen LogP contribution >= 0.6 is 0 Å². The van der Waals surface area contributed by atoms with E-state index in [4.69, 9.17) is 0 Å². The predicted molar refractivity (Wildman–Crippen MR) is 76.6 cm³/mol. The highest BCUT2D eigenvalue weighted by atomic mass is 16.1. The van der Waals surface area contributed by atoms with E-state index < -0.39 is 0 Å². The van der Waals surface area contributed by atoms with Crippen LogP contribution in [0.1, 0.15) is 62.0 Å². The summed E-state index contributed by atoms with van der Waals surface area (Å²) in [6.45, 7) is 4.28. The number of carbonyl (C=O) groups excluding carboxylic acids is 1. The molecule has 2 fully saturated rings. The molecule has 20 heavy (non-hydrogen) atoms. The van der Waals surface area contributed by atoms with Crippen molar-refractivity contribution in [1.82, 2.24) is 20.3 Å². The minimum absolute atomic E-state index is 0.164. The van der Waals surface area contributed by atoms with Gasteiger partial charge in [-0.15, -0.1) is 5.10 Å². The van der Waals surface area contributed by atoms with Gasteiger partial charge in [0.2, 0.25) is 0 Å². The highest BCUT2D eigenvalue weighted by Gasteiger charge is 2.28. The second-order valence-corrected chi connectivity index (χ2v) is 6.40. The van der Waals surface area contributed by atoms with E-state index in [-0.39, 0.29) is 11.7 Å². The fraction of sp³-hybridized carbons (Fsp3) is 0.800. The molecule has 0 bridgehead atoms. The van der Waals surface area contributed by atoms with Crippen molar-refractivity contribution >= 4 is 5.78 Å². The summed E-state index contributed by atoms with van der Waals surface area (Å²) in [6, 6.07) is 0.399. The fourth-order valence-corrected chi connectivity index (χ4v) is 3.52. The Labute approximate surface area is 120 Å². The van der Waals surface area contributed by atoms with Gasteiger partial charge in [0.15, 0.2) is 5.78 Å². The Morgan fingerprint density at radius 3 is 2.85 bits per heavy atom. The van der Waals surface area contributed by atoms with Gasteiger partial charge in [0.25, 0.3) is 0 Å². The summed E-state index contributed by atoms with van der Waals surface area (Å²) in [4.78, 5) is 12.5. The van der Waals surface area contributed by atoms with Crippen LogP contribution in [-0.2, 0) is 0 Å². The summed E-state index contributed by atoms with van der Waals surface area (Å²) in [6.07, 6.45) is 8.46. The SMILES string of the molecule is CC1CCCC(C(=O)c2cn(C3CCNCC3)nn2)C1. The fourth-order valence-electron chi connectivity index (χ4n) is 3.52. The normalized spacial score (nSPS) is 28.4. The van der Waals surface area contributed by atoms with Gasteiger partial charge in [-0.1, -0.05) is 25.0 Å². The molecule has 5 nitrogen and oxygen atoms in total. The molecule has 1 aromatic rings. The minimum Gasteiger partial charge on any atom is -0.317 e. The maximum atomic E-state index is 12.5. The van der Waals surface area contributed by atoms with Crippen LogP contribution in [-0.4, -0.2) is 33.9 Å². The molecule has 1 aliphatic heterocycles. The van der Waals surface area contributed by atoms with E-state index in [0.29, 0.717) is 17.7 Å². The zero-order chi connectivity index (χ0) is 13.9. The number of rotatable bonds is 3. The molecule has 110 valence electrons. The van der Waals surface area contributed by atoms with E-state index in [0.717, 1.165) is 38.8 Å². The van der Waals surface area contributed by atoms with E-state index in [1.807, 2.05) is 10.9 Å². The van der Waals surface area contributed by atoms with Gasteiger partial charge in [-0.25, -0.2) is 4.68 Å². The van der Waals surface area contributed by atoms with Crippen LogP contribution in [0, 0.1) is 11.8 Å². The number of hydrogen-bond acceptors (Lipinski definition) is 4. The molecule has 3 rings (SSSR count). The Morgan fingerprint density at radius 1 is 1.30 bits per heavy atom. The molecule has 1 N–H and O–H groups in total. The molecule has 1 aromatic heterocycles. The molecule has 1 aliphatic carbocycles. The smallest absolute Gasteiger partial charge is 0.187 e. The second kappa shape index (κ2) is 6.04. The predicted octanol–water partition coefficient (Wildman–Crippen LogP) is 2.21. The van der Waals surface area contributed by atoms with Gasteiger partial charge in [0.05, 0.1) is 12.2 Å². The molecule has 0 amide bonds. The first-order chi connectivity index (χ1) is 9.74. The van der Waals surface area contributed by atoms with Crippen LogP contribution in [0.4, 0.5) is 0 Å². The number of Topliss-reactive ketones (excluding diaryl/α,β-unsaturated/α-hetero) is 1. The largest absolute Gasteiger partial charge is 0.317 e. The van der Waals surface area contributed by atoms with E-state index in [1.54, 1.807) is 0 Å². The van der Waals surface area contributed by atoms with E-state index >= 15 is 0 Å². The van der Waals surface area contributed by atoms with Crippen LogP contribution in [0.2, 0.25) is 0 Å². The first kappa shape index (κ1) is 13.7. The topological polar surface area (TPSA) is 59.8 Å². The van der Waals surface area contributed by atoms with Crippen LogP contribution in [0.3, 0.4) is 0 Å². The molecule has 1 saturated carbocycles. The Kier molecular flexibility index (Phi) is 4.15. The molecule has 0 radical (unpaired) electrons. The Hall–Kier alpha value is -1.23. The third-order valence-corrected chi connectivity index (χ3v) is 4.75. The average molecular weight is 276 g/mol.